The van der Waals surface area contributed by atoms with Crippen LogP contribution < -0.4 is 8.69 Å². The van der Waals surface area contributed by atoms with Crippen LogP contribution in [0.25, 0.3) is 22.1 Å². The summed E-state index contributed by atoms with van der Waals surface area (Å²) in [5.74, 6) is 0.234. The molecule has 1 heterocycles. The Morgan fingerprint density at radius 1 is 1.09 bits per heavy atom. The maximum Gasteiger partial charge on any atom is 0.344 e. The number of rotatable bonds is 2. The van der Waals surface area contributed by atoms with E-state index in [9.17, 15) is 15.0 Å². The standard InChI is InChI=1S/C15H9IO5.C2H6/c16-21-14-6-9-5-11(8-2-1-3-10(17)4-8)15(19)20-13(9)7-12(14)18;1-2/h1-7,17-18H;1-2H3. The van der Waals surface area contributed by atoms with Crippen molar-refractivity contribution in [2.75, 3.05) is 0 Å². The van der Waals surface area contributed by atoms with E-state index in [1.807, 2.05) is 13.8 Å². The van der Waals surface area contributed by atoms with Crippen LogP contribution in [-0.4, -0.2) is 10.2 Å². The predicted octanol–water partition coefficient (Wildman–Crippen LogP) is 4.63. The Labute approximate surface area is 146 Å². The molecule has 0 unspecified atom stereocenters. The summed E-state index contributed by atoms with van der Waals surface area (Å²) in [4.78, 5) is 12.0. The second-order valence-electron chi connectivity index (χ2n) is 4.43. The van der Waals surface area contributed by atoms with Crippen molar-refractivity contribution < 1.29 is 17.7 Å². The first-order valence-corrected chi connectivity index (χ1v) is 7.85. The highest BCUT2D eigenvalue weighted by Gasteiger charge is 2.12. The molecule has 120 valence electrons. The summed E-state index contributed by atoms with van der Waals surface area (Å²) in [6, 6.07) is 10.9. The van der Waals surface area contributed by atoms with Crippen LogP contribution >= 0.6 is 23.0 Å². The first kappa shape index (κ1) is 17.1. The van der Waals surface area contributed by atoms with Gasteiger partial charge in [0.05, 0.1) is 5.56 Å². The SMILES string of the molecule is CC.O=c1oc2cc(O)c(OI)cc2cc1-c1cccc(O)c1. The molecule has 6 heteroatoms. The number of fused-ring (bicyclic) bond motifs is 1. The summed E-state index contributed by atoms with van der Waals surface area (Å²) in [5.41, 5.74) is 0.591. The maximum atomic E-state index is 12.0. The molecule has 0 aliphatic carbocycles. The van der Waals surface area contributed by atoms with E-state index in [-0.39, 0.29) is 22.8 Å². The molecule has 2 N–H and O–H groups in total. The van der Waals surface area contributed by atoms with Crippen LogP contribution in [0.1, 0.15) is 13.8 Å². The van der Waals surface area contributed by atoms with E-state index in [2.05, 4.69) is 0 Å². The zero-order valence-corrected chi connectivity index (χ0v) is 14.7. The van der Waals surface area contributed by atoms with E-state index in [0.717, 1.165) is 0 Å². The molecule has 0 saturated heterocycles. The van der Waals surface area contributed by atoms with Crippen molar-refractivity contribution >= 4 is 34.0 Å². The van der Waals surface area contributed by atoms with Crippen LogP contribution in [0.5, 0.6) is 17.2 Å². The molecule has 23 heavy (non-hydrogen) atoms. The van der Waals surface area contributed by atoms with Crippen molar-refractivity contribution in [1.82, 2.24) is 0 Å². The van der Waals surface area contributed by atoms with Gasteiger partial charge in [0.1, 0.15) is 11.3 Å². The third-order valence-electron chi connectivity index (χ3n) is 3.05. The molecule has 1 aromatic heterocycles. The van der Waals surface area contributed by atoms with Gasteiger partial charge < -0.3 is 17.7 Å². The third-order valence-corrected chi connectivity index (χ3v) is 3.53. The number of benzene rings is 2. The van der Waals surface area contributed by atoms with Crippen LogP contribution in [0.2, 0.25) is 0 Å². The van der Waals surface area contributed by atoms with E-state index in [4.69, 9.17) is 7.48 Å². The summed E-state index contributed by atoms with van der Waals surface area (Å²) in [6.45, 7) is 4.00. The van der Waals surface area contributed by atoms with Crippen LogP contribution in [0, 0.1) is 0 Å². The van der Waals surface area contributed by atoms with Gasteiger partial charge in [-0.2, -0.15) is 0 Å². The molecule has 0 aliphatic heterocycles. The highest BCUT2D eigenvalue weighted by atomic mass is 127. The van der Waals surface area contributed by atoms with Gasteiger partial charge in [0.15, 0.2) is 34.5 Å². The minimum atomic E-state index is -0.546. The first-order chi connectivity index (χ1) is 11.1. The molecule has 2 aromatic carbocycles. The molecule has 0 fully saturated rings. The molecule has 0 radical (unpaired) electrons. The van der Waals surface area contributed by atoms with Crippen molar-refractivity contribution in [2.24, 2.45) is 0 Å². The molecule has 3 rings (SSSR count). The van der Waals surface area contributed by atoms with Gasteiger partial charge in [-0.3, -0.25) is 0 Å². The fourth-order valence-corrected chi connectivity index (χ4v) is 2.42. The lowest BCUT2D eigenvalue weighted by Gasteiger charge is -2.06. The highest BCUT2D eigenvalue weighted by molar-refractivity contribution is 14.1. The second-order valence-corrected chi connectivity index (χ2v) is 4.87. The van der Waals surface area contributed by atoms with Gasteiger partial charge in [0.25, 0.3) is 0 Å². The van der Waals surface area contributed by atoms with Crippen molar-refractivity contribution in [2.45, 2.75) is 13.8 Å². The molecule has 0 saturated carbocycles. The van der Waals surface area contributed by atoms with Crippen molar-refractivity contribution in [1.29, 1.82) is 0 Å². The molecular formula is C17H15IO5. The average Bonchev–Trinajstić information content (AvgIpc) is 2.55. The second kappa shape index (κ2) is 7.36. The van der Waals surface area contributed by atoms with Gasteiger partial charge in [-0.25, -0.2) is 4.79 Å². The Bertz CT molecular complexity index is 886. The van der Waals surface area contributed by atoms with E-state index in [1.165, 1.54) is 18.2 Å². The van der Waals surface area contributed by atoms with Gasteiger partial charge in [-0.1, -0.05) is 26.0 Å². The average molecular weight is 426 g/mol. The Morgan fingerprint density at radius 2 is 1.83 bits per heavy atom. The Kier molecular flexibility index (Phi) is 5.49. The minimum absolute atomic E-state index is 0.0639. The van der Waals surface area contributed by atoms with E-state index in [0.29, 0.717) is 16.5 Å². The fraction of sp³-hybridized carbons (Fsp3) is 0.118. The van der Waals surface area contributed by atoms with Gasteiger partial charge in [0, 0.05) is 11.5 Å². The summed E-state index contributed by atoms with van der Waals surface area (Å²) < 4.78 is 10.2. The number of aromatic hydroxyl groups is 2. The van der Waals surface area contributed by atoms with Crippen LogP contribution in [-0.2, 0) is 0 Å². The van der Waals surface area contributed by atoms with Crippen molar-refractivity contribution in [3.63, 3.8) is 0 Å². The van der Waals surface area contributed by atoms with Gasteiger partial charge in [-0.05, 0) is 29.8 Å². The van der Waals surface area contributed by atoms with Gasteiger partial charge in [0.2, 0.25) is 0 Å². The zero-order valence-electron chi connectivity index (χ0n) is 12.5. The predicted molar refractivity (Wildman–Crippen MR) is 97.2 cm³/mol. The number of hydrogen-bond acceptors (Lipinski definition) is 5. The lowest BCUT2D eigenvalue weighted by molar-refractivity contribution is 0.455. The normalized spacial score (nSPS) is 10.0. The largest absolute Gasteiger partial charge is 0.508 e. The van der Waals surface area contributed by atoms with E-state index < -0.39 is 5.63 Å². The van der Waals surface area contributed by atoms with Crippen LogP contribution in [0.3, 0.4) is 0 Å². The highest BCUT2D eigenvalue weighted by Crippen LogP contribution is 2.33. The summed E-state index contributed by atoms with van der Waals surface area (Å²) in [6.07, 6.45) is 0. The number of phenols is 2. The molecule has 5 nitrogen and oxygen atoms in total. The van der Waals surface area contributed by atoms with Crippen LogP contribution in [0.15, 0.2) is 51.7 Å². The van der Waals surface area contributed by atoms with Crippen molar-refractivity contribution in [3.05, 3.63) is 52.9 Å². The van der Waals surface area contributed by atoms with Gasteiger partial charge >= 0.3 is 5.63 Å². The third kappa shape index (κ3) is 3.58. The molecule has 0 atom stereocenters. The zero-order chi connectivity index (χ0) is 17.0. The van der Waals surface area contributed by atoms with Crippen molar-refractivity contribution in [3.8, 4) is 28.4 Å². The number of halogens is 1. The number of phenolic OH excluding ortho intramolecular Hbond substituents is 2. The fourth-order valence-electron chi connectivity index (χ4n) is 2.07. The van der Waals surface area contributed by atoms with Gasteiger partial charge in [-0.15, -0.1) is 0 Å². The molecule has 0 spiro atoms. The number of hydrogen-bond donors (Lipinski definition) is 2. The topological polar surface area (TPSA) is 79.9 Å². The molecule has 0 bridgehead atoms. The maximum absolute atomic E-state index is 12.0. The molecule has 3 aromatic rings. The lowest BCUT2D eigenvalue weighted by atomic mass is 10.1. The van der Waals surface area contributed by atoms with E-state index >= 15 is 0 Å². The van der Waals surface area contributed by atoms with Crippen LogP contribution in [0.4, 0.5) is 0 Å². The minimum Gasteiger partial charge on any atom is -0.508 e. The molecular weight excluding hydrogens is 411 g/mol. The summed E-state index contributed by atoms with van der Waals surface area (Å²) in [5, 5.41) is 19.8. The monoisotopic (exact) mass is 426 g/mol. The lowest BCUT2D eigenvalue weighted by Crippen LogP contribution is -2.02. The Morgan fingerprint density at radius 3 is 2.48 bits per heavy atom. The Balaban J connectivity index is 0.000000924. The molecule has 0 amide bonds. The van der Waals surface area contributed by atoms with E-state index in [1.54, 1.807) is 47.3 Å². The quantitative estimate of drug-likeness (QED) is 0.462. The molecule has 0 aliphatic rings. The summed E-state index contributed by atoms with van der Waals surface area (Å²) in [7, 11) is 0. The summed E-state index contributed by atoms with van der Waals surface area (Å²) >= 11 is 1.66. The first-order valence-electron chi connectivity index (χ1n) is 6.97. The Hall–Kier alpha value is -2.22. The smallest absolute Gasteiger partial charge is 0.344 e.